The highest BCUT2D eigenvalue weighted by Gasteiger charge is 2.27. The topological polar surface area (TPSA) is 77.2 Å². The summed E-state index contributed by atoms with van der Waals surface area (Å²) in [6.45, 7) is 0. The quantitative estimate of drug-likeness (QED) is 0.456. The maximum Gasteiger partial charge on any atom is 0.229 e. The van der Waals surface area contributed by atoms with Crippen LogP contribution in [-0.4, -0.2) is 28.2 Å². The summed E-state index contributed by atoms with van der Waals surface area (Å²) in [5, 5.41) is 9.79. The Morgan fingerprint density at radius 3 is 2.50 bits per heavy atom. The number of nitrogens with zero attached hydrogens (tertiary/aromatic N) is 4. The Balaban J connectivity index is 2.04. The Hall–Kier alpha value is -1.45. The first kappa shape index (κ1) is 16.0. The largest absolute Gasteiger partial charge is 0.229 e. The van der Waals surface area contributed by atoms with Crippen LogP contribution in [-0.2, 0) is 9.84 Å². The summed E-state index contributed by atoms with van der Waals surface area (Å²) >= 11 is 19.3. The fraction of sp³-hybridized carbons (Fsp3) is 0. The lowest BCUT2D eigenvalue weighted by molar-refractivity contribution is 0.592. The molecule has 3 aromatic heterocycles. The van der Waals surface area contributed by atoms with Crippen LogP contribution in [0.4, 0.5) is 0 Å². The number of benzene rings is 1. The molecule has 6 nitrogen and oxygen atoms in total. The van der Waals surface area contributed by atoms with Crippen LogP contribution >= 0.6 is 46.1 Å². The molecule has 0 radical (unpaired) electrons. The minimum Gasteiger partial charge on any atom is -0.217 e. The third-order valence-electron chi connectivity index (χ3n) is 3.28. The van der Waals surface area contributed by atoms with Crippen molar-refractivity contribution in [3.63, 3.8) is 0 Å². The molecule has 1 aromatic carbocycles. The molecule has 0 amide bonds. The molecule has 0 aliphatic carbocycles. The zero-order chi connectivity index (χ0) is 17.1. The molecule has 24 heavy (non-hydrogen) atoms. The summed E-state index contributed by atoms with van der Waals surface area (Å²) in [7, 11) is -4.02. The van der Waals surface area contributed by atoms with Gasteiger partial charge in [-0.25, -0.2) is 13.4 Å². The van der Waals surface area contributed by atoms with Gasteiger partial charge in [0.1, 0.15) is 0 Å². The minimum absolute atomic E-state index is 0.0435. The molecule has 4 aromatic rings. The molecule has 0 fully saturated rings. The van der Waals surface area contributed by atoms with Gasteiger partial charge in [-0.15, -0.1) is 16.4 Å². The van der Waals surface area contributed by atoms with E-state index in [2.05, 4.69) is 15.3 Å². The lowest BCUT2D eigenvalue weighted by Gasteiger charge is -2.03. The van der Waals surface area contributed by atoms with Gasteiger partial charge in [-0.3, -0.25) is 0 Å². The summed E-state index contributed by atoms with van der Waals surface area (Å²) in [5.41, 5.74) is 0.676. The smallest absolute Gasteiger partial charge is 0.217 e. The third-order valence-corrected chi connectivity index (χ3v) is 6.64. The van der Waals surface area contributed by atoms with E-state index in [9.17, 15) is 8.42 Å². The first-order valence-corrected chi connectivity index (χ1v) is 9.87. The van der Waals surface area contributed by atoms with Crippen molar-refractivity contribution in [2.75, 3.05) is 0 Å². The predicted octanol–water partition coefficient (Wildman–Crippen LogP) is 4.13. The molecule has 4 rings (SSSR count). The summed E-state index contributed by atoms with van der Waals surface area (Å²) in [5.74, 6) is 0. The van der Waals surface area contributed by atoms with Crippen LogP contribution in [0, 0.1) is 0 Å². The van der Waals surface area contributed by atoms with E-state index in [1.807, 2.05) is 5.38 Å². The molecule has 0 spiro atoms. The highest BCUT2D eigenvalue weighted by atomic mass is 35.5. The van der Waals surface area contributed by atoms with Gasteiger partial charge in [0, 0.05) is 10.0 Å². The van der Waals surface area contributed by atoms with Gasteiger partial charge in [0.05, 0.1) is 15.1 Å². The molecule has 0 saturated carbocycles. The highest BCUT2D eigenvalue weighted by Crippen LogP contribution is 2.32. The van der Waals surface area contributed by atoms with E-state index in [0.717, 1.165) is 0 Å². The molecule has 0 aliphatic heterocycles. The van der Waals surface area contributed by atoms with Crippen LogP contribution in [0.2, 0.25) is 15.2 Å². The van der Waals surface area contributed by atoms with Crippen molar-refractivity contribution in [1.82, 2.24) is 19.8 Å². The molecule has 3 heterocycles. The Kier molecular flexibility index (Phi) is 3.70. The summed E-state index contributed by atoms with van der Waals surface area (Å²) in [4.78, 5) is 4.05. The number of sulfone groups is 1. The number of fused-ring (bicyclic) bond motifs is 3. The molecule has 122 valence electrons. The molecular weight excluding hydrogens is 415 g/mol. The van der Waals surface area contributed by atoms with Crippen LogP contribution < -0.4 is 0 Å². The van der Waals surface area contributed by atoms with E-state index >= 15 is 0 Å². The van der Waals surface area contributed by atoms with Gasteiger partial charge in [0.25, 0.3) is 0 Å². The van der Waals surface area contributed by atoms with Crippen LogP contribution in [0.1, 0.15) is 0 Å². The molecular formula is C13H5Cl3N4O2S2. The predicted molar refractivity (Wildman–Crippen MR) is 93.1 cm³/mol. The van der Waals surface area contributed by atoms with Crippen molar-refractivity contribution in [1.29, 1.82) is 0 Å². The van der Waals surface area contributed by atoms with Crippen molar-refractivity contribution in [2.45, 2.75) is 9.92 Å². The maximum atomic E-state index is 12.9. The third kappa shape index (κ3) is 2.37. The van der Waals surface area contributed by atoms with Gasteiger partial charge in [-0.1, -0.05) is 40.0 Å². The van der Waals surface area contributed by atoms with E-state index in [0.29, 0.717) is 10.2 Å². The SMILES string of the molecule is O=S(=O)(c1cc(Cl)cc(Cl)c1)c1nnn2c1nc(Cl)c1sccc12. The van der Waals surface area contributed by atoms with Gasteiger partial charge in [0.2, 0.25) is 14.9 Å². The maximum absolute atomic E-state index is 12.9. The second kappa shape index (κ2) is 5.53. The van der Waals surface area contributed by atoms with E-state index in [4.69, 9.17) is 34.8 Å². The number of hydrogen-bond donors (Lipinski definition) is 0. The van der Waals surface area contributed by atoms with Crippen molar-refractivity contribution < 1.29 is 8.42 Å². The fourth-order valence-electron chi connectivity index (χ4n) is 2.26. The summed E-state index contributed by atoms with van der Waals surface area (Å²) in [6, 6.07) is 5.79. The molecule has 0 aliphatic rings. The average Bonchev–Trinajstić information content (AvgIpc) is 3.12. The number of halogens is 3. The average molecular weight is 420 g/mol. The zero-order valence-corrected chi connectivity index (χ0v) is 15.3. The first-order valence-electron chi connectivity index (χ1n) is 6.37. The van der Waals surface area contributed by atoms with Gasteiger partial charge in [-0.05, 0) is 29.6 Å². The van der Waals surface area contributed by atoms with Gasteiger partial charge in [-0.2, -0.15) is 4.52 Å². The Labute approximate surface area is 154 Å². The van der Waals surface area contributed by atoms with Gasteiger partial charge < -0.3 is 0 Å². The number of hydrogen-bond acceptors (Lipinski definition) is 6. The summed E-state index contributed by atoms with van der Waals surface area (Å²) < 4.78 is 27.8. The Morgan fingerprint density at radius 1 is 1.08 bits per heavy atom. The lowest BCUT2D eigenvalue weighted by Crippen LogP contribution is -2.04. The van der Waals surface area contributed by atoms with E-state index in [1.165, 1.54) is 34.1 Å². The Morgan fingerprint density at radius 2 is 1.79 bits per heavy atom. The minimum atomic E-state index is -4.02. The van der Waals surface area contributed by atoms with E-state index in [1.54, 1.807) is 6.07 Å². The normalized spacial score (nSPS) is 12.3. The first-order chi connectivity index (χ1) is 11.4. The molecule has 11 heteroatoms. The number of thiophene rings is 1. The van der Waals surface area contributed by atoms with Crippen LogP contribution in [0.15, 0.2) is 39.6 Å². The molecule has 0 atom stereocenters. The molecule has 0 N–H and O–H groups in total. The van der Waals surface area contributed by atoms with Crippen molar-refractivity contribution in [2.24, 2.45) is 0 Å². The molecule has 0 bridgehead atoms. The van der Waals surface area contributed by atoms with E-state index in [-0.39, 0.29) is 30.8 Å². The van der Waals surface area contributed by atoms with Crippen LogP contribution in [0.25, 0.3) is 15.9 Å². The monoisotopic (exact) mass is 418 g/mol. The van der Waals surface area contributed by atoms with Crippen LogP contribution in [0.5, 0.6) is 0 Å². The van der Waals surface area contributed by atoms with Crippen molar-refractivity contribution in [3.8, 4) is 0 Å². The fourth-order valence-corrected chi connectivity index (χ4v) is 5.28. The van der Waals surface area contributed by atoms with Crippen LogP contribution in [0.3, 0.4) is 0 Å². The van der Waals surface area contributed by atoms with Gasteiger partial charge >= 0.3 is 0 Å². The van der Waals surface area contributed by atoms with Crippen molar-refractivity contribution >= 4 is 71.8 Å². The highest BCUT2D eigenvalue weighted by molar-refractivity contribution is 7.91. The lowest BCUT2D eigenvalue weighted by atomic mass is 10.4. The zero-order valence-electron chi connectivity index (χ0n) is 11.4. The molecule has 0 unspecified atom stereocenters. The summed E-state index contributed by atoms with van der Waals surface area (Å²) in [6.07, 6.45) is 0. The number of rotatable bonds is 2. The second-order valence-corrected chi connectivity index (χ2v) is 8.79. The number of aromatic nitrogens is 4. The second-order valence-electron chi connectivity index (χ2n) is 4.78. The van der Waals surface area contributed by atoms with E-state index < -0.39 is 9.84 Å². The molecule has 0 saturated heterocycles. The standard InChI is InChI=1S/C13H5Cl3N4O2S2/c14-6-3-7(15)5-8(4-6)24(21,22)13-12-17-11(16)10-9(1-2-23-10)20(12)19-18-13/h1-5H. The van der Waals surface area contributed by atoms with Crippen molar-refractivity contribution in [3.05, 3.63) is 44.8 Å². The Bertz CT molecular complexity index is 1200. The van der Waals surface area contributed by atoms with Gasteiger partial charge in [0.15, 0.2) is 10.8 Å².